The quantitative estimate of drug-likeness (QED) is 0.165. The van der Waals surface area contributed by atoms with Gasteiger partial charge in [0.05, 0.1) is 11.9 Å². The number of para-hydroxylation sites is 1. The van der Waals surface area contributed by atoms with Gasteiger partial charge in [-0.3, -0.25) is 5.43 Å². The van der Waals surface area contributed by atoms with Crippen molar-refractivity contribution in [2.75, 3.05) is 5.32 Å². The van der Waals surface area contributed by atoms with E-state index in [9.17, 15) is 13.2 Å². The standard InChI is InChI=1S/C26H23F3N6OS/c1-2-5-19-6-3-4-7-23(19)32-25(37)33-31-16-18-8-10-20(11-9-18)24-30-17-35(34-24)21-12-14-22(15-13-21)36-26(27,28)29/h3-4,6-17H,2,5H2,1H3,(H2,32,33,37). The van der Waals surface area contributed by atoms with Crippen molar-refractivity contribution in [2.45, 2.75) is 26.1 Å². The Hall–Kier alpha value is -4.25. The fourth-order valence-electron chi connectivity index (χ4n) is 3.48. The molecule has 3 aromatic carbocycles. The van der Waals surface area contributed by atoms with E-state index in [0.717, 1.165) is 29.7 Å². The Morgan fingerprint density at radius 3 is 2.49 bits per heavy atom. The minimum Gasteiger partial charge on any atom is -0.406 e. The van der Waals surface area contributed by atoms with Crippen LogP contribution in [0, 0.1) is 0 Å². The van der Waals surface area contributed by atoms with Crippen molar-refractivity contribution in [1.82, 2.24) is 20.2 Å². The molecule has 7 nitrogen and oxygen atoms in total. The molecule has 0 unspecified atom stereocenters. The van der Waals surface area contributed by atoms with Gasteiger partial charge in [-0.05, 0) is 60.1 Å². The van der Waals surface area contributed by atoms with E-state index in [1.807, 2.05) is 42.5 Å². The molecular weight excluding hydrogens is 501 g/mol. The first-order valence-corrected chi connectivity index (χ1v) is 11.8. The summed E-state index contributed by atoms with van der Waals surface area (Å²) in [6.07, 6.45) is 0.389. The van der Waals surface area contributed by atoms with E-state index in [4.69, 9.17) is 12.2 Å². The molecule has 0 spiro atoms. The highest BCUT2D eigenvalue weighted by molar-refractivity contribution is 7.80. The van der Waals surface area contributed by atoms with Crippen LogP contribution in [0.2, 0.25) is 0 Å². The average molecular weight is 525 g/mol. The van der Waals surface area contributed by atoms with Crippen molar-refractivity contribution < 1.29 is 17.9 Å². The van der Waals surface area contributed by atoms with Crippen LogP contribution in [0.1, 0.15) is 24.5 Å². The number of aromatic nitrogens is 3. The predicted octanol–water partition coefficient (Wildman–Crippen LogP) is 6.11. The molecule has 0 aliphatic rings. The van der Waals surface area contributed by atoms with E-state index in [1.54, 1.807) is 6.21 Å². The first kappa shape index (κ1) is 25.8. The maximum absolute atomic E-state index is 12.3. The van der Waals surface area contributed by atoms with Crippen LogP contribution in [0.5, 0.6) is 5.75 Å². The van der Waals surface area contributed by atoms with E-state index in [1.165, 1.54) is 40.8 Å². The monoisotopic (exact) mass is 524 g/mol. The SMILES string of the molecule is CCCc1ccccc1NC(=S)NN=Cc1ccc(-c2ncn(-c3ccc(OC(F)(F)F)cc3)n2)cc1. The zero-order valence-electron chi connectivity index (χ0n) is 19.7. The van der Waals surface area contributed by atoms with Gasteiger partial charge in [-0.2, -0.15) is 5.10 Å². The number of benzene rings is 3. The van der Waals surface area contributed by atoms with Gasteiger partial charge in [0.25, 0.3) is 0 Å². The van der Waals surface area contributed by atoms with Crippen molar-refractivity contribution in [2.24, 2.45) is 5.10 Å². The molecule has 0 saturated carbocycles. The van der Waals surface area contributed by atoms with Crippen LogP contribution < -0.4 is 15.5 Å². The lowest BCUT2D eigenvalue weighted by atomic mass is 10.1. The van der Waals surface area contributed by atoms with Gasteiger partial charge >= 0.3 is 6.36 Å². The van der Waals surface area contributed by atoms with Gasteiger partial charge in [0.2, 0.25) is 0 Å². The molecule has 0 fully saturated rings. The highest BCUT2D eigenvalue weighted by Gasteiger charge is 2.31. The number of hydrogen-bond acceptors (Lipinski definition) is 5. The van der Waals surface area contributed by atoms with Gasteiger partial charge in [-0.25, -0.2) is 9.67 Å². The lowest BCUT2D eigenvalue weighted by Gasteiger charge is -2.11. The minimum absolute atomic E-state index is 0.304. The van der Waals surface area contributed by atoms with Crippen molar-refractivity contribution in [3.05, 3.63) is 90.3 Å². The Labute approximate surface area is 217 Å². The summed E-state index contributed by atoms with van der Waals surface area (Å²) < 4.78 is 42.4. The number of nitrogens with zero attached hydrogens (tertiary/aromatic N) is 4. The Kier molecular flexibility index (Phi) is 8.14. The van der Waals surface area contributed by atoms with Crippen LogP contribution in [-0.2, 0) is 6.42 Å². The summed E-state index contributed by atoms with van der Waals surface area (Å²) in [6, 6.07) is 20.8. The van der Waals surface area contributed by atoms with Crippen molar-refractivity contribution in [1.29, 1.82) is 0 Å². The van der Waals surface area contributed by atoms with E-state index < -0.39 is 6.36 Å². The summed E-state index contributed by atoms with van der Waals surface area (Å²) >= 11 is 5.34. The van der Waals surface area contributed by atoms with Crippen LogP contribution in [-0.4, -0.2) is 32.5 Å². The lowest BCUT2D eigenvalue weighted by Crippen LogP contribution is -2.24. The molecule has 190 valence electrons. The molecule has 2 N–H and O–H groups in total. The van der Waals surface area contributed by atoms with Crippen molar-refractivity contribution in [3.63, 3.8) is 0 Å². The van der Waals surface area contributed by atoms with Crippen molar-refractivity contribution in [3.8, 4) is 22.8 Å². The molecule has 37 heavy (non-hydrogen) atoms. The Balaban J connectivity index is 1.34. The van der Waals surface area contributed by atoms with Crippen LogP contribution in [0.25, 0.3) is 17.1 Å². The fourth-order valence-corrected chi connectivity index (χ4v) is 3.65. The maximum Gasteiger partial charge on any atom is 0.573 e. The normalized spacial score (nSPS) is 11.5. The zero-order chi connectivity index (χ0) is 26.3. The van der Waals surface area contributed by atoms with Gasteiger partial charge in [-0.1, -0.05) is 55.8 Å². The maximum atomic E-state index is 12.3. The molecule has 1 aromatic heterocycles. The third kappa shape index (κ3) is 7.37. The summed E-state index contributed by atoms with van der Waals surface area (Å²) in [7, 11) is 0. The second-order valence-corrected chi connectivity index (χ2v) is 8.32. The molecule has 1 heterocycles. The van der Waals surface area contributed by atoms with Gasteiger partial charge in [0.1, 0.15) is 12.1 Å². The van der Waals surface area contributed by atoms with Crippen LogP contribution in [0.15, 0.2) is 84.2 Å². The van der Waals surface area contributed by atoms with Gasteiger partial charge in [0, 0.05) is 11.3 Å². The summed E-state index contributed by atoms with van der Waals surface area (Å²) in [4.78, 5) is 4.29. The molecule has 4 aromatic rings. The molecule has 0 aliphatic heterocycles. The number of ether oxygens (including phenoxy) is 1. The molecule has 0 saturated heterocycles. The van der Waals surface area contributed by atoms with Crippen LogP contribution in [0.3, 0.4) is 0 Å². The highest BCUT2D eigenvalue weighted by Crippen LogP contribution is 2.24. The van der Waals surface area contributed by atoms with Crippen LogP contribution >= 0.6 is 12.2 Å². The number of halogens is 3. The predicted molar refractivity (Wildman–Crippen MR) is 141 cm³/mol. The lowest BCUT2D eigenvalue weighted by molar-refractivity contribution is -0.274. The van der Waals surface area contributed by atoms with E-state index in [2.05, 4.69) is 43.7 Å². The molecule has 11 heteroatoms. The van der Waals surface area contributed by atoms with Gasteiger partial charge in [0.15, 0.2) is 10.9 Å². The summed E-state index contributed by atoms with van der Waals surface area (Å²) in [5, 5.41) is 12.2. The molecular formula is C26H23F3N6OS. The third-order valence-corrected chi connectivity index (χ3v) is 5.35. The zero-order valence-corrected chi connectivity index (χ0v) is 20.6. The van der Waals surface area contributed by atoms with Crippen molar-refractivity contribution >= 4 is 29.2 Å². The number of anilines is 1. The van der Waals surface area contributed by atoms with E-state index in [0.29, 0.717) is 16.6 Å². The van der Waals surface area contributed by atoms with E-state index in [-0.39, 0.29) is 5.75 Å². The number of alkyl halides is 3. The molecule has 0 radical (unpaired) electrons. The van der Waals surface area contributed by atoms with E-state index >= 15 is 0 Å². The Morgan fingerprint density at radius 2 is 1.78 bits per heavy atom. The summed E-state index contributed by atoms with van der Waals surface area (Å²) in [5.74, 6) is 0.162. The topological polar surface area (TPSA) is 76.4 Å². The Bertz CT molecular complexity index is 1370. The molecule has 0 bridgehead atoms. The second-order valence-electron chi connectivity index (χ2n) is 7.91. The highest BCUT2D eigenvalue weighted by atomic mass is 32.1. The summed E-state index contributed by atoms with van der Waals surface area (Å²) in [6.45, 7) is 2.13. The second kappa shape index (κ2) is 11.7. The largest absolute Gasteiger partial charge is 0.573 e. The third-order valence-electron chi connectivity index (χ3n) is 5.16. The number of nitrogens with one attached hydrogen (secondary N) is 2. The first-order chi connectivity index (χ1) is 17.8. The smallest absolute Gasteiger partial charge is 0.406 e. The van der Waals surface area contributed by atoms with Crippen LogP contribution in [0.4, 0.5) is 18.9 Å². The average Bonchev–Trinajstić information content (AvgIpc) is 3.36. The fraction of sp³-hybridized carbons (Fsp3) is 0.154. The van der Waals surface area contributed by atoms with Gasteiger partial charge < -0.3 is 10.1 Å². The minimum atomic E-state index is -4.74. The van der Waals surface area contributed by atoms with Gasteiger partial charge in [-0.15, -0.1) is 18.3 Å². The number of hydrazone groups is 1. The Morgan fingerprint density at radius 1 is 1.05 bits per heavy atom. The molecule has 0 aliphatic carbocycles. The first-order valence-electron chi connectivity index (χ1n) is 11.4. The molecule has 0 atom stereocenters. The molecule has 4 rings (SSSR count). The number of thiocarbonyl (C=S) groups is 1. The summed E-state index contributed by atoms with van der Waals surface area (Å²) in [5.41, 5.74) is 7.13. The number of hydrogen-bond donors (Lipinski definition) is 2. The number of aryl methyl sites for hydroxylation is 1. The number of rotatable bonds is 8. The molecule has 0 amide bonds.